The molecule has 1 N–H and O–H groups in total. The zero-order valence-corrected chi connectivity index (χ0v) is 10.4. The number of halogens is 1. The molecular weight excluding hydrogens is 203 g/mol. The lowest BCUT2D eigenvalue weighted by atomic mass is 10.1. The molecule has 0 aliphatic heterocycles. The Morgan fingerprint density at radius 2 is 2.12 bits per heavy atom. The van der Waals surface area contributed by atoms with Gasteiger partial charge in [0.25, 0.3) is 0 Å². The van der Waals surface area contributed by atoms with E-state index in [1.54, 1.807) is 13.0 Å². The summed E-state index contributed by atoms with van der Waals surface area (Å²) >= 11 is 0. The summed E-state index contributed by atoms with van der Waals surface area (Å²) in [5, 5.41) is 3.12. The monoisotopic (exact) mass is 224 g/mol. The molecule has 1 aromatic carbocycles. The molecule has 0 aliphatic rings. The molecule has 0 spiro atoms. The maximum absolute atomic E-state index is 13.3. The number of aryl methyl sites for hydroxylation is 1. The van der Waals surface area contributed by atoms with Gasteiger partial charge < -0.3 is 10.2 Å². The van der Waals surface area contributed by atoms with E-state index in [4.69, 9.17) is 0 Å². The van der Waals surface area contributed by atoms with Crippen molar-refractivity contribution in [1.29, 1.82) is 0 Å². The van der Waals surface area contributed by atoms with Crippen molar-refractivity contribution < 1.29 is 4.39 Å². The van der Waals surface area contributed by atoms with E-state index < -0.39 is 0 Å². The van der Waals surface area contributed by atoms with E-state index in [-0.39, 0.29) is 5.82 Å². The first-order valence-electron chi connectivity index (χ1n) is 5.71. The van der Waals surface area contributed by atoms with Gasteiger partial charge in [-0.05, 0) is 57.7 Å². The standard InChI is InChI=1S/C13H21FN2/c1-11-5-6-12(9-13(11)14)10-16(3)8-4-7-15-2/h5-6,9,15H,4,7-8,10H2,1-3H3. The van der Waals surface area contributed by atoms with Gasteiger partial charge >= 0.3 is 0 Å². The summed E-state index contributed by atoms with van der Waals surface area (Å²) in [5.41, 5.74) is 1.75. The van der Waals surface area contributed by atoms with Crippen molar-refractivity contribution in [2.45, 2.75) is 19.9 Å². The Balaban J connectivity index is 2.43. The molecule has 0 amide bonds. The Morgan fingerprint density at radius 3 is 2.75 bits per heavy atom. The Morgan fingerprint density at radius 1 is 1.38 bits per heavy atom. The zero-order valence-electron chi connectivity index (χ0n) is 10.4. The molecule has 0 bridgehead atoms. The van der Waals surface area contributed by atoms with Crippen molar-refractivity contribution in [3.63, 3.8) is 0 Å². The second kappa shape index (κ2) is 6.61. The van der Waals surface area contributed by atoms with Gasteiger partial charge in [-0.2, -0.15) is 0 Å². The van der Waals surface area contributed by atoms with Crippen molar-refractivity contribution >= 4 is 0 Å². The van der Waals surface area contributed by atoms with Crippen LogP contribution in [0.25, 0.3) is 0 Å². The van der Waals surface area contributed by atoms with Gasteiger partial charge in [-0.15, -0.1) is 0 Å². The van der Waals surface area contributed by atoms with E-state index in [1.165, 1.54) is 0 Å². The smallest absolute Gasteiger partial charge is 0.126 e. The molecule has 0 unspecified atom stereocenters. The summed E-state index contributed by atoms with van der Waals surface area (Å²) in [6.45, 7) is 4.64. The lowest BCUT2D eigenvalue weighted by molar-refractivity contribution is 0.320. The van der Waals surface area contributed by atoms with E-state index in [0.29, 0.717) is 5.56 Å². The van der Waals surface area contributed by atoms with Gasteiger partial charge in [0.15, 0.2) is 0 Å². The van der Waals surface area contributed by atoms with Crippen molar-refractivity contribution in [1.82, 2.24) is 10.2 Å². The summed E-state index contributed by atoms with van der Waals surface area (Å²) < 4.78 is 13.3. The minimum absolute atomic E-state index is 0.110. The van der Waals surface area contributed by atoms with Gasteiger partial charge in [-0.1, -0.05) is 12.1 Å². The van der Waals surface area contributed by atoms with Crippen LogP contribution in [-0.2, 0) is 6.54 Å². The lowest BCUT2D eigenvalue weighted by Crippen LogP contribution is -2.22. The number of benzene rings is 1. The summed E-state index contributed by atoms with van der Waals surface area (Å²) in [4.78, 5) is 2.21. The lowest BCUT2D eigenvalue weighted by Gasteiger charge is -2.16. The second-order valence-electron chi connectivity index (χ2n) is 4.28. The van der Waals surface area contributed by atoms with E-state index in [0.717, 1.165) is 31.6 Å². The topological polar surface area (TPSA) is 15.3 Å². The van der Waals surface area contributed by atoms with Crippen molar-refractivity contribution in [3.8, 4) is 0 Å². The molecule has 0 atom stereocenters. The highest BCUT2D eigenvalue weighted by atomic mass is 19.1. The third kappa shape index (κ3) is 4.29. The summed E-state index contributed by atoms with van der Waals surface area (Å²) in [7, 11) is 4.02. The molecule has 0 aromatic heterocycles. The molecule has 0 fully saturated rings. The van der Waals surface area contributed by atoms with Gasteiger partial charge in [0, 0.05) is 6.54 Å². The number of hydrogen-bond donors (Lipinski definition) is 1. The third-order valence-corrected chi connectivity index (χ3v) is 2.66. The van der Waals surface area contributed by atoms with Crippen molar-refractivity contribution in [2.75, 3.05) is 27.2 Å². The van der Waals surface area contributed by atoms with Crippen LogP contribution >= 0.6 is 0 Å². The third-order valence-electron chi connectivity index (χ3n) is 2.66. The molecule has 3 heteroatoms. The molecule has 0 radical (unpaired) electrons. The molecule has 1 aromatic rings. The molecule has 0 heterocycles. The van der Waals surface area contributed by atoms with Gasteiger partial charge in [0.1, 0.15) is 5.82 Å². The molecule has 0 aliphatic carbocycles. The number of hydrogen-bond acceptors (Lipinski definition) is 2. The van der Waals surface area contributed by atoms with Crippen molar-refractivity contribution in [2.24, 2.45) is 0 Å². The van der Waals surface area contributed by atoms with Crippen LogP contribution in [-0.4, -0.2) is 32.1 Å². The average molecular weight is 224 g/mol. The van der Waals surface area contributed by atoms with E-state index in [2.05, 4.69) is 17.3 Å². The first-order chi connectivity index (χ1) is 7.63. The molecule has 0 saturated heterocycles. The second-order valence-corrected chi connectivity index (χ2v) is 4.28. The SMILES string of the molecule is CNCCCN(C)Cc1ccc(C)c(F)c1. The summed E-state index contributed by atoms with van der Waals surface area (Å²) in [6, 6.07) is 5.46. The van der Waals surface area contributed by atoms with Crippen molar-refractivity contribution in [3.05, 3.63) is 35.1 Å². The Labute approximate surface area is 97.5 Å². The largest absolute Gasteiger partial charge is 0.320 e. The normalized spacial score (nSPS) is 11.1. The molecule has 1 rings (SSSR count). The Kier molecular flexibility index (Phi) is 5.43. The minimum atomic E-state index is -0.110. The Bertz CT molecular complexity index is 326. The van der Waals surface area contributed by atoms with Gasteiger partial charge in [0.2, 0.25) is 0 Å². The van der Waals surface area contributed by atoms with Gasteiger partial charge in [0.05, 0.1) is 0 Å². The van der Waals surface area contributed by atoms with Crippen LogP contribution < -0.4 is 5.32 Å². The quantitative estimate of drug-likeness (QED) is 0.745. The minimum Gasteiger partial charge on any atom is -0.320 e. The van der Waals surface area contributed by atoms with E-state index >= 15 is 0 Å². The fourth-order valence-corrected chi connectivity index (χ4v) is 1.65. The summed E-state index contributed by atoms with van der Waals surface area (Å²) in [5.74, 6) is -0.110. The van der Waals surface area contributed by atoms with Crippen LogP contribution in [0.1, 0.15) is 17.5 Å². The average Bonchev–Trinajstić information content (AvgIpc) is 2.24. The number of nitrogens with zero attached hydrogens (tertiary/aromatic N) is 1. The fraction of sp³-hybridized carbons (Fsp3) is 0.538. The van der Waals surface area contributed by atoms with Crippen LogP contribution in [0, 0.1) is 12.7 Å². The first kappa shape index (κ1) is 13.1. The van der Waals surface area contributed by atoms with Crippen LogP contribution in [0.4, 0.5) is 4.39 Å². The number of rotatable bonds is 6. The van der Waals surface area contributed by atoms with Gasteiger partial charge in [-0.3, -0.25) is 0 Å². The molecule has 16 heavy (non-hydrogen) atoms. The summed E-state index contributed by atoms with van der Waals surface area (Å²) in [6.07, 6.45) is 1.11. The molecule has 2 nitrogen and oxygen atoms in total. The first-order valence-corrected chi connectivity index (χ1v) is 5.71. The highest BCUT2D eigenvalue weighted by Gasteiger charge is 2.02. The van der Waals surface area contributed by atoms with Crippen LogP contribution in [0.3, 0.4) is 0 Å². The highest BCUT2D eigenvalue weighted by molar-refractivity contribution is 5.23. The predicted molar refractivity (Wildman–Crippen MR) is 66.0 cm³/mol. The maximum atomic E-state index is 13.3. The van der Waals surface area contributed by atoms with Gasteiger partial charge in [-0.25, -0.2) is 4.39 Å². The maximum Gasteiger partial charge on any atom is 0.126 e. The molecule has 90 valence electrons. The van der Waals surface area contributed by atoms with Crippen LogP contribution in [0.2, 0.25) is 0 Å². The van der Waals surface area contributed by atoms with E-state index in [9.17, 15) is 4.39 Å². The molecular formula is C13H21FN2. The number of nitrogens with one attached hydrogen (secondary N) is 1. The highest BCUT2D eigenvalue weighted by Crippen LogP contribution is 2.10. The van der Waals surface area contributed by atoms with E-state index in [1.807, 2.05) is 19.2 Å². The zero-order chi connectivity index (χ0) is 12.0. The molecule has 0 saturated carbocycles. The fourth-order valence-electron chi connectivity index (χ4n) is 1.65. The predicted octanol–water partition coefficient (Wildman–Crippen LogP) is 2.18. The van der Waals surface area contributed by atoms with Crippen LogP contribution in [0.5, 0.6) is 0 Å². The Hall–Kier alpha value is -0.930. The van der Waals surface area contributed by atoms with Crippen LogP contribution in [0.15, 0.2) is 18.2 Å².